The Hall–Kier alpha value is -5.85. The van der Waals surface area contributed by atoms with Crippen LogP contribution < -0.4 is 10.6 Å². The van der Waals surface area contributed by atoms with Crippen LogP contribution in [0.4, 0.5) is 4.79 Å². The molecule has 13 nitrogen and oxygen atoms in total. The molecule has 2 unspecified atom stereocenters. The zero-order chi connectivity index (χ0) is 42.7. The normalized spacial score (nSPS) is 21.7. The van der Waals surface area contributed by atoms with Crippen molar-refractivity contribution in [2.75, 3.05) is 27.3 Å². The Balaban J connectivity index is 0.995. The number of ether oxygens (including phenoxy) is 2. The van der Waals surface area contributed by atoms with Crippen molar-refractivity contribution < 1.29 is 23.9 Å². The van der Waals surface area contributed by atoms with Gasteiger partial charge in [0.15, 0.2) is 5.88 Å². The van der Waals surface area contributed by atoms with Gasteiger partial charge in [-0.2, -0.15) is 0 Å². The van der Waals surface area contributed by atoms with Crippen LogP contribution in [0.5, 0.6) is 0 Å². The Labute approximate surface area is 357 Å². The molecule has 2 aliphatic heterocycles. The lowest BCUT2D eigenvalue weighted by Gasteiger charge is -2.30. The first-order valence-corrected chi connectivity index (χ1v) is 22.1. The molecule has 2 aliphatic carbocycles. The lowest BCUT2D eigenvalue weighted by atomic mass is 9.81. The van der Waals surface area contributed by atoms with Gasteiger partial charge in [-0.1, -0.05) is 52.0 Å². The van der Waals surface area contributed by atoms with Gasteiger partial charge in [0.25, 0.3) is 0 Å². The van der Waals surface area contributed by atoms with Crippen LogP contribution in [0.25, 0.3) is 44.3 Å². The number of alkyl carbamates (subject to hydrolysis) is 1. The molecule has 2 saturated heterocycles. The van der Waals surface area contributed by atoms with Gasteiger partial charge in [0.2, 0.25) is 11.8 Å². The Morgan fingerprint density at radius 1 is 0.689 bits per heavy atom. The molecule has 4 N–H and O–H groups in total. The van der Waals surface area contributed by atoms with Gasteiger partial charge in [0.05, 0.1) is 48.4 Å². The highest BCUT2D eigenvalue weighted by atomic mass is 16.5. The SMILES string of the molecule is C=C(N[C@H](C(=O)N1CCC[C@H]1c1nc2ccc(-c3ccc(-c4ccc5nc([C@@H]6CCCN6C(=O)[C@@H](NC(=O)OC)C(C)C)[nH]c5c4)c4c3C3CCC4C3)cc2[nH]1)C(C)C)OC. The average molecular weight is 827 g/mol. The highest BCUT2D eigenvalue weighted by Crippen LogP contribution is 2.58. The highest BCUT2D eigenvalue weighted by Gasteiger charge is 2.42. The second-order valence-electron chi connectivity index (χ2n) is 18.1. The van der Waals surface area contributed by atoms with Crippen molar-refractivity contribution in [3.63, 3.8) is 0 Å². The third-order valence-corrected chi connectivity index (χ3v) is 13.7. The number of likely N-dealkylation sites (tertiary alicyclic amines) is 2. The van der Waals surface area contributed by atoms with Crippen molar-refractivity contribution in [3.05, 3.63) is 83.8 Å². The van der Waals surface area contributed by atoms with E-state index in [1.807, 2.05) is 37.5 Å². The minimum absolute atomic E-state index is 0.0354. The number of H-pyrrole nitrogens is 2. The molecule has 0 spiro atoms. The zero-order valence-electron chi connectivity index (χ0n) is 36.1. The number of carbonyl (C=O) groups is 3. The predicted octanol–water partition coefficient (Wildman–Crippen LogP) is 8.58. The highest BCUT2D eigenvalue weighted by molar-refractivity contribution is 5.90. The molecule has 3 fully saturated rings. The predicted molar refractivity (Wildman–Crippen MR) is 235 cm³/mol. The maximum atomic E-state index is 13.9. The van der Waals surface area contributed by atoms with Crippen LogP contribution in [0.3, 0.4) is 0 Å². The van der Waals surface area contributed by atoms with E-state index in [1.165, 1.54) is 54.2 Å². The molecule has 3 amide bonds. The van der Waals surface area contributed by atoms with E-state index in [9.17, 15) is 14.4 Å². The summed E-state index contributed by atoms with van der Waals surface area (Å²) in [6, 6.07) is 16.2. The minimum Gasteiger partial charge on any atom is -0.483 e. The van der Waals surface area contributed by atoms with Crippen molar-refractivity contribution >= 4 is 40.0 Å². The molecule has 9 rings (SSSR count). The van der Waals surface area contributed by atoms with Crippen molar-refractivity contribution in [1.29, 1.82) is 0 Å². The van der Waals surface area contributed by atoms with Gasteiger partial charge in [-0.05, 0) is 133 Å². The average Bonchev–Trinajstić information content (AvgIpc) is 4.12. The van der Waals surface area contributed by atoms with Gasteiger partial charge in [-0.25, -0.2) is 14.8 Å². The molecule has 1 saturated carbocycles. The smallest absolute Gasteiger partial charge is 0.407 e. The number of fused-ring (bicyclic) bond motifs is 7. The number of aromatic nitrogens is 4. The van der Waals surface area contributed by atoms with E-state index in [-0.39, 0.29) is 35.7 Å². The number of aromatic amines is 2. The molecule has 4 aliphatic rings. The Morgan fingerprint density at radius 2 is 1.16 bits per heavy atom. The van der Waals surface area contributed by atoms with Gasteiger partial charge in [0, 0.05) is 13.1 Å². The summed E-state index contributed by atoms with van der Waals surface area (Å²) in [5.74, 6) is 2.89. The van der Waals surface area contributed by atoms with Crippen molar-refractivity contribution in [2.24, 2.45) is 11.8 Å². The number of carbonyl (C=O) groups excluding carboxylic acids is 3. The molecule has 2 aromatic heterocycles. The van der Waals surface area contributed by atoms with E-state index in [2.05, 4.69) is 75.7 Å². The molecule has 6 atom stereocenters. The van der Waals surface area contributed by atoms with Crippen molar-refractivity contribution in [3.8, 4) is 22.3 Å². The van der Waals surface area contributed by atoms with E-state index < -0.39 is 18.2 Å². The molecule has 4 heterocycles. The maximum Gasteiger partial charge on any atom is 0.407 e. The van der Waals surface area contributed by atoms with Gasteiger partial charge >= 0.3 is 6.09 Å². The number of amides is 3. The summed E-state index contributed by atoms with van der Waals surface area (Å²) in [7, 11) is 2.86. The number of rotatable bonds is 12. The third kappa shape index (κ3) is 7.29. The number of nitrogens with zero attached hydrogens (tertiary/aromatic N) is 4. The first-order chi connectivity index (χ1) is 29.4. The lowest BCUT2D eigenvalue weighted by Crippen LogP contribution is -2.51. The number of hydrogen-bond acceptors (Lipinski definition) is 8. The Bertz CT molecular complexity index is 2350. The monoisotopic (exact) mass is 826 g/mol. The van der Waals surface area contributed by atoms with Crippen LogP contribution >= 0.6 is 0 Å². The number of methoxy groups -OCH3 is 2. The molecule has 0 radical (unpaired) electrons. The number of benzene rings is 3. The van der Waals surface area contributed by atoms with Gasteiger partial charge in [-0.3, -0.25) is 9.59 Å². The van der Waals surface area contributed by atoms with E-state index >= 15 is 0 Å². The molecule has 3 aromatic carbocycles. The fraction of sp³-hybridized carbons (Fsp3) is 0.479. The largest absolute Gasteiger partial charge is 0.483 e. The molecule has 320 valence electrons. The van der Waals surface area contributed by atoms with Crippen LogP contribution in [0.2, 0.25) is 0 Å². The summed E-state index contributed by atoms with van der Waals surface area (Å²) < 4.78 is 10.1. The first kappa shape index (κ1) is 40.6. The van der Waals surface area contributed by atoms with Crippen molar-refractivity contribution in [2.45, 2.75) is 109 Å². The van der Waals surface area contributed by atoms with Crippen LogP contribution in [0.15, 0.2) is 61.0 Å². The summed E-state index contributed by atoms with van der Waals surface area (Å²) in [6.45, 7) is 13.1. The summed E-state index contributed by atoms with van der Waals surface area (Å²) in [5.41, 5.74) is 11.5. The topological polar surface area (TPSA) is 158 Å². The molecular weight excluding hydrogens is 769 g/mol. The summed E-state index contributed by atoms with van der Waals surface area (Å²) >= 11 is 0. The zero-order valence-corrected chi connectivity index (χ0v) is 36.1. The quantitative estimate of drug-likeness (QED) is 0.0912. The van der Waals surface area contributed by atoms with Crippen LogP contribution in [-0.4, -0.2) is 87.0 Å². The number of hydrogen-bond donors (Lipinski definition) is 4. The number of nitrogens with one attached hydrogen (secondary N) is 4. The fourth-order valence-corrected chi connectivity index (χ4v) is 10.7. The van der Waals surface area contributed by atoms with E-state index in [0.717, 1.165) is 65.0 Å². The van der Waals surface area contributed by atoms with E-state index in [4.69, 9.17) is 19.4 Å². The molecule has 2 bridgehead atoms. The second kappa shape index (κ2) is 16.2. The summed E-state index contributed by atoms with van der Waals surface area (Å²) in [4.78, 5) is 60.9. The van der Waals surface area contributed by atoms with E-state index in [1.54, 1.807) is 7.11 Å². The van der Waals surface area contributed by atoms with Crippen LogP contribution in [0.1, 0.15) is 119 Å². The minimum atomic E-state index is -0.683. The Morgan fingerprint density at radius 3 is 1.61 bits per heavy atom. The molecule has 61 heavy (non-hydrogen) atoms. The molecular formula is C48H58N8O5. The van der Waals surface area contributed by atoms with Crippen molar-refractivity contribution in [1.82, 2.24) is 40.4 Å². The first-order valence-electron chi connectivity index (χ1n) is 22.1. The molecule has 5 aromatic rings. The fourth-order valence-electron chi connectivity index (χ4n) is 10.7. The van der Waals surface area contributed by atoms with Crippen LogP contribution in [0, 0.1) is 11.8 Å². The van der Waals surface area contributed by atoms with Crippen LogP contribution in [-0.2, 0) is 19.1 Å². The summed E-state index contributed by atoms with van der Waals surface area (Å²) in [6.07, 6.45) is 6.40. The molecule has 13 heteroatoms. The maximum absolute atomic E-state index is 13.9. The van der Waals surface area contributed by atoms with Gasteiger partial charge in [-0.15, -0.1) is 0 Å². The van der Waals surface area contributed by atoms with Gasteiger partial charge < -0.3 is 39.9 Å². The van der Waals surface area contributed by atoms with Gasteiger partial charge in [0.1, 0.15) is 23.7 Å². The second-order valence-corrected chi connectivity index (χ2v) is 18.1. The third-order valence-electron chi connectivity index (χ3n) is 13.7. The lowest BCUT2D eigenvalue weighted by molar-refractivity contribution is -0.136. The number of imidazole rings is 2. The summed E-state index contributed by atoms with van der Waals surface area (Å²) in [5, 5.41) is 5.92. The van der Waals surface area contributed by atoms with E-state index in [0.29, 0.717) is 30.8 Å². The Kier molecular flexibility index (Phi) is 10.8. The standard InChI is InChI=1S/C48H58N8O5/c1-25(2)42(49-27(5)60-6)46(57)55-20-8-10-38(55)44-50-34-18-14-28(23-36(34)52-44)32-16-17-33(41-31-13-12-30(22-31)40(32)41)29-15-19-35-37(24-29)53-45(51-35)39-11-9-21-56(39)47(58)43(26(3)4)54-48(59)61-7/h14-19,23-26,30-31,38-39,42-43,49H,5,8-13,20-22H2,1-4,6-7H3,(H,50,52)(H,51,53)(H,54,59)/t30?,31?,38-,39-,42-,43-/m0/s1.